The lowest BCUT2D eigenvalue weighted by Gasteiger charge is -1.99. The van der Waals surface area contributed by atoms with Crippen LogP contribution in [0.3, 0.4) is 0 Å². The molecule has 1 aromatic heterocycles. The van der Waals surface area contributed by atoms with Gasteiger partial charge in [0.15, 0.2) is 9.59 Å². The molecule has 0 aromatic carbocycles. The third-order valence-corrected chi connectivity index (χ3v) is 3.39. The highest BCUT2D eigenvalue weighted by atomic mass is 32.2. The SMILES string of the molecule is Cc1csc(SC(C#N)C(N)=O)n1. The molecule has 68 valence electrons. The lowest BCUT2D eigenvalue weighted by Crippen LogP contribution is -2.23. The number of nitriles is 1. The van der Waals surface area contributed by atoms with Crippen molar-refractivity contribution in [3.63, 3.8) is 0 Å². The molecule has 2 N–H and O–H groups in total. The number of carbonyl (C=O) groups excluding carboxylic acids is 1. The maximum atomic E-state index is 10.7. The summed E-state index contributed by atoms with van der Waals surface area (Å²) in [4.78, 5) is 14.8. The molecule has 0 radical (unpaired) electrons. The van der Waals surface area contributed by atoms with Gasteiger partial charge >= 0.3 is 0 Å². The van der Waals surface area contributed by atoms with Crippen LogP contribution in [0.2, 0.25) is 0 Å². The molecule has 1 heterocycles. The molecule has 0 saturated carbocycles. The van der Waals surface area contributed by atoms with Gasteiger partial charge in [0.05, 0.1) is 6.07 Å². The minimum absolute atomic E-state index is 0.625. The van der Waals surface area contributed by atoms with Crippen molar-refractivity contribution in [3.05, 3.63) is 11.1 Å². The van der Waals surface area contributed by atoms with E-state index in [4.69, 9.17) is 11.0 Å². The monoisotopic (exact) mass is 213 g/mol. The van der Waals surface area contributed by atoms with Crippen molar-refractivity contribution >= 4 is 29.0 Å². The normalized spacial score (nSPS) is 12.0. The minimum Gasteiger partial charge on any atom is -0.368 e. The topological polar surface area (TPSA) is 79.8 Å². The van der Waals surface area contributed by atoms with Crippen LogP contribution in [0.15, 0.2) is 9.72 Å². The Bertz CT molecular complexity index is 355. The average molecular weight is 213 g/mol. The first kappa shape index (κ1) is 10.0. The first-order valence-electron chi connectivity index (χ1n) is 3.41. The Morgan fingerprint density at radius 1 is 1.92 bits per heavy atom. The van der Waals surface area contributed by atoms with E-state index in [0.717, 1.165) is 17.5 Å². The first-order valence-corrected chi connectivity index (χ1v) is 5.17. The number of nitrogens with two attached hydrogens (primary N) is 1. The molecular formula is C7H7N3OS2. The molecule has 0 aliphatic carbocycles. The van der Waals surface area contributed by atoms with Crippen molar-refractivity contribution in [1.29, 1.82) is 5.26 Å². The van der Waals surface area contributed by atoms with Crippen LogP contribution in [0.4, 0.5) is 0 Å². The summed E-state index contributed by atoms with van der Waals surface area (Å²) in [7, 11) is 0. The Morgan fingerprint density at radius 3 is 3.00 bits per heavy atom. The van der Waals surface area contributed by atoms with Crippen molar-refractivity contribution < 1.29 is 4.79 Å². The van der Waals surface area contributed by atoms with Gasteiger partial charge in [-0.05, 0) is 6.92 Å². The van der Waals surface area contributed by atoms with Gasteiger partial charge in [-0.25, -0.2) is 4.98 Å². The zero-order valence-electron chi connectivity index (χ0n) is 6.85. The second-order valence-electron chi connectivity index (χ2n) is 2.28. The third kappa shape index (κ3) is 2.72. The third-order valence-electron chi connectivity index (χ3n) is 1.19. The van der Waals surface area contributed by atoms with E-state index in [1.54, 1.807) is 0 Å². The Kier molecular flexibility index (Phi) is 3.28. The fourth-order valence-electron chi connectivity index (χ4n) is 0.635. The van der Waals surface area contributed by atoms with E-state index >= 15 is 0 Å². The zero-order valence-corrected chi connectivity index (χ0v) is 8.48. The van der Waals surface area contributed by atoms with Gasteiger partial charge in [-0.2, -0.15) is 5.26 Å². The Hall–Kier alpha value is -1.06. The van der Waals surface area contributed by atoms with Gasteiger partial charge in [-0.3, -0.25) is 4.79 Å². The molecule has 6 heteroatoms. The second-order valence-corrected chi connectivity index (χ2v) is 4.49. The van der Waals surface area contributed by atoms with E-state index in [0.29, 0.717) is 4.34 Å². The van der Waals surface area contributed by atoms with E-state index < -0.39 is 11.2 Å². The summed E-state index contributed by atoms with van der Waals surface area (Å²) in [6.07, 6.45) is 0. The van der Waals surface area contributed by atoms with E-state index in [2.05, 4.69) is 4.98 Å². The second kappa shape index (κ2) is 4.25. The molecule has 1 aromatic rings. The van der Waals surface area contributed by atoms with E-state index in [1.165, 1.54) is 11.3 Å². The van der Waals surface area contributed by atoms with E-state index in [1.807, 2.05) is 18.4 Å². The maximum Gasteiger partial charge on any atom is 0.245 e. The number of aryl methyl sites for hydroxylation is 1. The van der Waals surface area contributed by atoms with Crippen LogP contribution in [0, 0.1) is 18.3 Å². The van der Waals surface area contributed by atoms with Crippen LogP contribution in [0.5, 0.6) is 0 Å². The van der Waals surface area contributed by atoms with Crippen LogP contribution >= 0.6 is 23.1 Å². The number of thiazole rings is 1. The summed E-state index contributed by atoms with van der Waals surface area (Å²) in [6.45, 7) is 1.85. The van der Waals surface area contributed by atoms with E-state index in [-0.39, 0.29) is 0 Å². The van der Waals surface area contributed by atoms with Gasteiger partial charge in [0.2, 0.25) is 5.91 Å². The predicted octanol–water partition coefficient (Wildman–Crippen LogP) is 0.921. The van der Waals surface area contributed by atoms with Gasteiger partial charge in [0.1, 0.15) is 0 Å². The number of amides is 1. The fourth-order valence-corrected chi connectivity index (χ4v) is 2.38. The van der Waals surface area contributed by atoms with Crippen molar-refractivity contribution in [3.8, 4) is 6.07 Å². The molecule has 0 spiro atoms. The highest BCUT2D eigenvalue weighted by Gasteiger charge is 2.17. The number of rotatable bonds is 3. The molecule has 4 nitrogen and oxygen atoms in total. The number of nitrogens with zero attached hydrogens (tertiary/aromatic N) is 2. The standard InChI is InChI=1S/C7H7N3OS2/c1-4-3-12-7(10-4)13-5(2-8)6(9)11/h3,5H,1H3,(H2,9,11). The van der Waals surface area contributed by atoms with Crippen LogP contribution in [-0.4, -0.2) is 16.1 Å². The van der Waals surface area contributed by atoms with Gasteiger partial charge in [-0.15, -0.1) is 11.3 Å². The molecule has 0 saturated heterocycles. The molecule has 1 rings (SSSR count). The van der Waals surface area contributed by atoms with Gasteiger partial charge in [0, 0.05) is 11.1 Å². The number of thioether (sulfide) groups is 1. The zero-order chi connectivity index (χ0) is 9.84. The Labute approximate surface area is 83.8 Å². The summed E-state index contributed by atoms with van der Waals surface area (Å²) < 4.78 is 0.697. The largest absolute Gasteiger partial charge is 0.368 e. The van der Waals surface area contributed by atoms with Gasteiger partial charge in [-0.1, -0.05) is 11.8 Å². The summed E-state index contributed by atoms with van der Waals surface area (Å²) >= 11 is 2.49. The van der Waals surface area contributed by atoms with Crippen molar-refractivity contribution in [1.82, 2.24) is 4.98 Å². The summed E-state index contributed by atoms with van der Waals surface area (Å²) in [5.41, 5.74) is 5.88. The molecule has 1 amide bonds. The molecule has 0 fully saturated rings. The summed E-state index contributed by atoms with van der Waals surface area (Å²) in [5.74, 6) is -0.625. The highest BCUT2D eigenvalue weighted by Crippen LogP contribution is 2.26. The minimum atomic E-state index is -0.842. The maximum absolute atomic E-state index is 10.7. The molecule has 13 heavy (non-hydrogen) atoms. The quantitative estimate of drug-likeness (QED) is 0.757. The van der Waals surface area contributed by atoms with Crippen LogP contribution in [-0.2, 0) is 4.79 Å². The summed E-state index contributed by atoms with van der Waals surface area (Å²) in [5, 5.41) is 9.59. The van der Waals surface area contributed by atoms with Crippen molar-refractivity contribution in [2.45, 2.75) is 16.5 Å². The number of carbonyl (C=O) groups is 1. The smallest absolute Gasteiger partial charge is 0.245 e. The van der Waals surface area contributed by atoms with E-state index in [9.17, 15) is 4.79 Å². The molecular weight excluding hydrogens is 206 g/mol. The first-order chi connectivity index (χ1) is 6.13. The Morgan fingerprint density at radius 2 is 2.62 bits per heavy atom. The number of aromatic nitrogens is 1. The van der Waals surface area contributed by atoms with Crippen molar-refractivity contribution in [2.24, 2.45) is 5.73 Å². The van der Waals surface area contributed by atoms with Crippen LogP contribution in [0.25, 0.3) is 0 Å². The van der Waals surface area contributed by atoms with Crippen LogP contribution in [0.1, 0.15) is 5.69 Å². The fraction of sp³-hybridized carbons (Fsp3) is 0.286. The summed E-state index contributed by atoms with van der Waals surface area (Å²) in [6, 6.07) is 1.81. The lowest BCUT2D eigenvalue weighted by molar-refractivity contribution is -0.116. The average Bonchev–Trinajstić information content (AvgIpc) is 2.46. The molecule has 0 bridgehead atoms. The number of hydrogen-bond donors (Lipinski definition) is 1. The van der Waals surface area contributed by atoms with Gasteiger partial charge in [0.25, 0.3) is 0 Å². The predicted molar refractivity (Wildman–Crippen MR) is 51.3 cm³/mol. The highest BCUT2D eigenvalue weighted by molar-refractivity contribution is 8.02. The number of primary amides is 1. The number of hydrogen-bond acceptors (Lipinski definition) is 5. The molecule has 0 aliphatic heterocycles. The molecule has 1 atom stereocenters. The lowest BCUT2D eigenvalue weighted by atomic mass is 10.4. The van der Waals surface area contributed by atoms with Gasteiger partial charge < -0.3 is 5.73 Å². The van der Waals surface area contributed by atoms with Crippen molar-refractivity contribution in [2.75, 3.05) is 0 Å². The molecule has 1 unspecified atom stereocenters. The Balaban J connectivity index is 2.68. The van der Waals surface area contributed by atoms with Crippen LogP contribution < -0.4 is 5.73 Å². The molecule has 0 aliphatic rings.